The van der Waals surface area contributed by atoms with E-state index in [1.807, 2.05) is 13.0 Å². The summed E-state index contributed by atoms with van der Waals surface area (Å²) in [5.41, 5.74) is 2.04. The lowest BCUT2D eigenvalue weighted by atomic mass is 10.1. The second-order valence-electron chi connectivity index (χ2n) is 5.71. The molecule has 0 aliphatic rings. The lowest BCUT2D eigenvalue weighted by Gasteiger charge is -2.10. The van der Waals surface area contributed by atoms with Crippen LogP contribution in [0.1, 0.15) is 26.3 Å². The fourth-order valence-electron chi connectivity index (χ4n) is 2.40. The third-order valence-corrected chi connectivity index (χ3v) is 3.67. The van der Waals surface area contributed by atoms with Gasteiger partial charge in [0.15, 0.2) is 0 Å². The van der Waals surface area contributed by atoms with Gasteiger partial charge in [0.05, 0.1) is 17.4 Å². The predicted octanol–water partition coefficient (Wildman–Crippen LogP) is 4.03. The first-order chi connectivity index (χ1) is 12.5. The Hall–Kier alpha value is -3.54. The van der Waals surface area contributed by atoms with Crippen LogP contribution in [-0.4, -0.2) is 16.8 Å². The normalized spacial score (nSPS) is 10.2. The van der Waals surface area contributed by atoms with Crippen molar-refractivity contribution in [2.24, 2.45) is 0 Å². The van der Waals surface area contributed by atoms with Crippen LogP contribution in [0.3, 0.4) is 0 Å². The molecule has 3 rings (SSSR count). The van der Waals surface area contributed by atoms with Crippen molar-refractivity contribution >= 4 is 23.2 Å². The minimum atomic E-state index is -0.681. The Balaban J connectivity index is 1.79. The number of rotatable bonds is 4. The first kappa shape index (κ1) is 17.3. The van der Waals surface area contributed by atoms with Gasteiger partial charge in [-0.1, -0.05) is 17.7 Å². The van der Waals surface area contributed by atoms with Crippen LogP contribution in [0.4, 0.5) is 15.8 Å². The maximum atomic E-state index is 14.0. The van der Waals surface area contributed by atoms with Crippen LogP contribution in [0.2, 0.25) is 0 Å². The Kier molecular flexibility index (Phi) is 5.03. The van der Waals surface area contributed by atoms with Gasteiger partial charge in [-0.05, 0) is 49.4 Å². The topological polar surface area (TPSA) is 71.1 Å². The SMILES string of the molecule is Cc1cccc(C(=O)Nc2ccc(F)c(C(=O)Nc3cccnc3)c2)c1. The average molecular weight is 349 g/mol. The van der Waals surface area contributed by atoms with Gasteiger partial charge in [-0.15, -0.1) is 0 Å². The molecule has 3 aromatic rings. The molecule has 2 aromatic carbocycles. The van der Waals surface area contributed by atoms with Crippen LogP contribution in [0, 0.1) is 12.7 Å². The Labute approximate surface area is 149 Å². The van der Waals surface area contributed by atoms with Crippen molar-refractivity contribution in [3.63, 3.8) is 0 Å². The smallest absolute Gasteiger partial charge is 0.258 e. The van der Waals surface area contributed by atoms with E-state index in [2.05, 4.69) is 15.6 Å². The fourth-order valence-corrected chi connectivity index (χ4v) is 2.40. The van der Waals surface area contributed by atoms with E-state index in [-0.39, 0.29) is 11.5 Å². The molecule has 0 spiro atoms. The van der Waals surface area contributed by atoms with Crippen molar-refractivity contribution in [3.05, 3.63) is 89.5 Å². The number of carbonyl (C=O) groups excluding carboxylic acids is 2. The summed E-state index contributed by atoms with van der Waals surface area (Å²) in [6, 6.07) is 14.2. The second kappa shape index (κ2) is 7.57. The molecule has 0 fully saturated rings. The summed E-state index contributed by atoms with van der Waals surface area (Å²) in [7, 11) is 0. The number of carbonyl (C=O) groups is 2. The number of anilines is 2. The largest absolute Gasteiger partial charge is 0.322 e. The molecule has 0 aliphatic heterocycles. The summed E-state index contributed by atoms with van der Waals surface area (Å²) in [6.07, 6.45) is 3.02. The van der Waals surface area contributed by atoms with E-state index >= 15 is 0 Å². The standard InChI is InChI=1S/C20H16FN3O2/c1-13-4-2-5-14(10-13)19(25)23-15-7-8-18(21)17(11-15)20(26)24-16-6-3-9-22-12-16/h2-12H,1H3,(H,23,25)(H,24,26). The molecule has 0 saturated carbocycles. The molecule has 1 heterocycles. The van der Waals surface area contributed by atoms with Crippen LogP contribution in [0.15, 0.2) is 67.0 Å². The summed E-state index contributed by atoms with van der Waals surface area (Å²) in [4.78, 5) is 28.5. The van der Waals surface area contributed by atoms with Crippen molar-refractivity contribution in [2.75, 3.05) is 10.6 Å². The number of aryl methyl sites for hydroxylation is 1. The molecule has 0 saturated heterocycles. The lowest BCUT2D eigenvalue weighted by molar-refractivity contribution is 0.101. The monoisotopic (exact) mass is 349 g/mol. The first-order valence-electron chi connectivity index (χ1n) is 7.92. The predicted molar refractivity (Wildman–Crippen MR) is 97.7 cm³/mol. The number of hydrogen-bond acceptors (Lipinski definition) is 3. The number of halogens is 1. The summed E-state index contributed by atoms with van der Waals surface area (Å²) < 4.78 is 14.0. The van der Waals surface area contributed by atoms with Gasteiger partial charge >= 0.3 is 0 Å². The second-order valence-corrected chi connectivity index (χ2v) is 5.71. The zero-order valence-electron chi connectivity index (χ0n) is 14.0. The molecule has 2 amide bonds. The molecule has 26 heavy (non-hydrogen) atoms. The van der Waals surface area contributed by atoms with Crippen LogP contribution >= 0.6 is 0 Å². The number of hydrogen-bond donors (Lipinski definition) is 2. The molecule has 0 radical (unpaired) electrons. The highest BCUT2D eigenvalue weighted by molar-refractivity contribution is 6.07. The number of pyridine rings is 1. The van der Waals surface area contributed by atoms with Gasteiger partial charge < -0.3 is 10.6 Å². The van der Waals surface area contributed by atoms with Gasteiger partial charge in [0.25, 0.3) is 11.8 Å². The van der Waals surface area contributed by atoms with E-state index < -0.39 is 11.7 Å². The van der Waals surface area contributed by atoms with E-state index in [9.17, 15) is 14.0 Å². The highest BCUT2D eigenvalue weighted by Gasteiger charge is 2.14. The molecule has 2 N–H and O–H groups in total. The van der Waals surface area contributed by atoms with Gasteiger partial charge in [0.2, 0.25) is 0 Å². The molecule has 6 heteroatoms. The Morgan fingerprint density at radius 3 is 2.46 bits per heavy atom. The summed E-state index contributed by atoms with van der Waals surface area (Å²) in [5.74, 6) is -1.64. The van der Waals surface area contributed by atoms with Crippen molar-refractivity contribution < 1.29 is 14.0 Å². The minimum Gasteiger partial charge on any atom is -0.322 e. The van der Waals surface area contributed by atoms with Crippen LogP contribution in [-0.2, 0) is 0 Å². The molecule has 0 aliphatic carbocycles. The highest BCUT2D eigenvalue weighted by atomic mass is 19.1. The summed E-state index contributed by atoms with van der Waals surface area (Å²) in [5, 5.41) is 5.24. The molecule has 0 unspecified atom stereocenters. The van der Waals surface area contributed by atoms with E-state index in [4.69, 9.17) is 0 Å². The zero-order chi connectivity index (χ0) is 18.5. The number of nitrogens with zero attached hydrogens (tertiary/aromatic N) is 1. The maximum Gasteiger partial charge on any atom is 0.258 e. The van der Waals surface area contributed by atoms with Gasteiger partial charge in [-0.3, -0.25) is 14.6 Å². The van der Waals surface area contributed by atoms with E-state index in [0.717, 1.165) is 11.6 Å². The average Bonchev–Trinajstić information content (AvgIpc) is 2.64. The number of benzene rings is 2. The Bertz CT molecular complexity index is 958. The quantitative estimate of drug-likeness (QED) is 0.747. The zero-order valence-corrected chi connectivity index (χ0v) is 14.0. The van der Waals surface area contributed by atoms with E-state index in [0.29, 0.717) is 16.9 Å². The number of aromatic nitrogens is 1. The molecule has 0 bridgehead atoms. The van der Waals surface area contributed by atoms with Gasteiger partial charge in [0.1, 0.15) is 5.82 Å². The molecule has 130 valence electrons. The van der Waals surface area contributed by atoms with Crippen molar-refractivity contribution in [1.29, 1.82) is 0 Å². The number of nitrogens with one attached hydrogen (secondary N) is 2. The van der Waals surface area contributed by atoms with Crippen LogP contribution in [0.5, 0.6) is 0 Å². The Morgan fingerprint density at radius 2 is 1.73 bits per heavy atom. The maximum absolute atomic E-state index is 14.0. The fraction of sp³-hybridized carbons (Fsp3) is 0.0500. The van der Waals surface area contributed by atoms with Crippen molar-refractivity contribution in [2.45, 2.75) is 6.92 Å². The van der Waals surface area contributed by atoms with Gasteiger partial charge in [0, 0.05) is 17.4 Å². The summed E-state index contributed by atoms with van der Waals surface area (Å²) in [6.45, 7) is 1.88. The molecule has 5 nitrogen and oxygen atoms in total. The van der Waals surface area contributed by atoms with E-state index in [1.165, 1.54) is 18.3 Å². The van der Waals surface area contributed by atoms with Crippen LogP contribution < -0.4 is 10.6 Å². The number of amides is 2. The van der Waals surface area contributed by atoms with Gasteiger partial charge in [-0.2, -0.15) is 0 Å². The first-order valence-corrected chi connectivity index (χ1v) is 7.92. The van der Waals surface area contributed by atoms with Crippen molar-refractivity contribution in [1.82, 2.24) is 4.98 Å². The van der Waals surface area contributed by atoms with Crippen molar-refractivity contribution in [3.8, 4) is 0 Å². The van der Waals surface area contributed by atoms with Crippen LogP contribution in [0.25, 0.3) is 0 Å². The summed E-state index contributed by atoms with van der Waals surface area (Å²) >= 11 is 0. The molecular formula is C20H16FN3O2. The van der Waals surface area contributed by atoms with Gasteiger partial charge in [-0.25, -0.2) is 4.39 Å². The third kappa shape index (κ3) is 4.10. The highest BCUT2D eigenvalue weighted by Crippen LogP contribution is 2.18. The minimum absolute atomic E-state index is 0.170. The Morgan fingerprint density at radius 1 is 0.923 bits per heavy atom. The molecule has 0 atom stereocenters. The molecular weight excluding hydrogens is 333 g/mol. The van der Waals surface area contributed by atoms with E-state index in [1.54, 1.807) is 36.5 Å². The third-order valence-electron chi connectivity index (χ3n) is 3.67. The molecule has 1 aromatic heterocycles. The lowest BCUT2D eigenvalue weighted by Crippen LogP contribution is -2.16.